The molecule has 1 aliphatic rings. The first-order valence-corrected chi connectivity index (χ1v) is 7.12. The second-order valence-corrected chi connectivity index (χ2v) is 5.21. The van der Waals surface area contributed by atoms with E-state index in [9.17, 15) is 13.2 Å². The van der Waals surface area contributed by atoms with Gasteiger partial charge in [-0.15, -0.1) is 0 Å². The number of anilines is 2. The molecular formula is C16H16F3N3. The fourth-order valence-electron chi connectivity index (χ4n) is 2.61. The number of alkyl halides is 3. The van der Waals surface area contributed by atoms with Gasteiger partial charge in [0, 0.05) is 38.1 Å². The molecule has 1 aromatic heterocycles. The zero-order valence-corrected chi connectivity index (χ0v) is 11.9. The number of rotatable bonds is 2. The molecule has 1 saturated heterocycles. The van der Waals surface area contributed by atoms with Gasteiger partial charge >= 0.3 is 6.18 Å². The highest BCUT2D eigenvalue weighted by molar-refractivity contribution is 5.51. The van der Waals surface area contributed by atoms with Crippen molar-refractivity contribution in [2.75, 3.05) is 36.0 Å². The number of piperazine rings is 1. The number of aromatic nitrogens is 1. The summed E-state index contributed by atoms with van der Waals surface area (Å²) in [6.45, 7) is 2.84. The summed E-state index contributed by atoms with van der Waals surface area (Å²) >= 11 is 0. The van der Waals surface area contributed by atoms with Crippen LogP contribution < -0.4 is 9.80 Å². The minimum absolute atomic E-state index is 0.600. The van der Waals surface area contributed by atoms with Crippen molar-refractivity contribution < 1.29 is 13.2 Å². The van der Waals surface area contributed by atoms with Crippen LogP contribution in [0.5, 0.6) is 0 Å². The van der Waals surface area contributed by atoms with E-state index in [0.29, 0.717) is 18.8 Å². The molecular weight excluding hydrogens is 291 g/mol. The van der Waals surface area contributed by atoms with Crippen LogP contribution in [0.2, 0.25) is 0 Å². The van der Waals surface area contributed by atoms with Crippen LogP contribution in [0.15, 0.2) is 48.7 Å². The summed E-state index contributed by atoms with van der Waals surface area (Å²) in [5, 5.41) is 0. The predicted octanol–water partition coefficient (Wildman–Crippen LogP) is 3.43. The van der Waals surface area contributed by atoms with E-state index in [1.807, 2.05) is 23.1 Å². The highest BCUT2D eigenvalue weighted by Gasteiger charge is 2.31. The van der Waals surface area contributed by atoms with Crippen LogP contribution in [0.25, 0.3) is 0 Å². The van der Waals surface area contributed by atoms with Gasteiger partial charge in [0.1, 0.15) is 5.82 Å². The maximum Gasteiger partial charge on any atom is 0.416 e. The van der Waals surface area contributed by atoms with Crippen LogP contribution in [-0.2, 0) is 6.18 Å². The van der Waals surface area contributed by atoms with Gasteiger partial charge in [-0.1, -0.05) is 12.1 Å². The smallest absolute Gasteiger partial charge is 0.368 e. The van der Waals surface area contributed by atoms with Crippen molar-refractivity contribution in [3.05, 3.63) is 54.2 Å². The molecule has 0 unspecified atom stereocenters. The van der Waals surface area contributed by atoms with Crippen LogP contribution >= 0.6 is 0 Å². The van der Waals surface area contributed by atoms with Gasteiger partial charge in [0.2, 0.25) is 0 Å². The van der Waals surface area contributed by atoms with Crippen LogP contribution in [0, 0.1) is 0 Å². The van der Waals surface area contributed by atoms with Gasteiger partial charge < -0.3 is 9.80 Å². The number of hydrogen-bond acceptors (Lipinski definition) is 3. The topological polar surface area (TPSA) is 19.4 Å². The van der Waals surface area contributed by atoms with Gasteiger partial charge in [-0.3, -0.25) is 0 Å². The normalized spacial score (nSPS) is 16.0. The van der Waals surface area contributed by atoms with Crippen molar-refractivity contribution in [1.29, 1.82) is 0 Å². The van der Waals surface area contributed by atoms with E-state index >= 15 is 0 Å². The number of hydrogen-bond donors (Lipinski definition) is 0. The highest BCUT2D eigenvalue weighted by Crippen LogP contribution is 2.32. The molecule has 0 saturated carbocycles. The quantitative estimate of drug-likeness (QED) is 0.847. The van der Waals surface area contributed by atoms with E-state index in [1.54, 1.807) is 12.3 Å². The Kier molecular flexibility index (Phi) is 3.92. The van der Waals surface area contributed by atoms with E-state index in [1.165, 1.54) is 12.1 Å². The molecule has 6 heteroatoms. The van der Waals surface area contributed by atoms with Gasteiger partial charge in [-0.05, 0) is 30.3 Å². The molecule has 1 aliphatic heterocycles. The number of halogens is 3. The van der Waals surface area contributed by atoms with Crippen LogP contribution in [0.4, 0.5) is 24.7 Å². The minimum atomic E-state index is -4.30. The van der Waals surface area contributed by atoms with E-state index in [0.717, 1.165) is 25.0 Å². The first kappa shape index (κ1) is 14.7. The maximum atomic E-state index is 12.8. The zero-order valence-electron chi connectivity index (χ0n) is 11.9. The Morgan fingerprint density at radius 3 is 2.23 bits per heavy atom. The third-order valence-electron chi connectivity index (χ3n) is 3.79. The number of benzene rings is 1. The lowest BCUT2D eigenvalue weighted by molar-refractivity contribution is -0.137. The van der Waals surface area contributed by atoms with Crippen LogP contribution in [0.3, 0.4) is 0 Å². The fraction of sp³-hybridized carbons (Fsp3) is 0.312. The van der Waals surface area contributed by atoms with Gasteiger partial charge in [-0.25, -0.2) is 4.98 Å². The lowest BCUT2D eigenvalue weighted by Gasteiger charge is -2.36. The molecule has 3 nitrogen and oxygen atoms in total. The summed E-state index contributed by atoms with van der Waals surface area (Å²) in [5.41, 5.74) is 0.0210. The molecule has 2 aromatic rings. The third kappa shape index (κ3) is 3.16. The molecule has 2 heterocycles. The maximum absolute atomic E-state index is 12.8. The van der Waals surface area contributed by atoms with Crippen LogP contribution in [-0.4, -0.2) is 31.2 Å². The summed E-state index contributed by atoms with van der Waals surface area (Å²) in [6, 6.07) is 11.3. The lowest BCUT2D eigenvalue weighted by atomic mass is 10.1. The number of nitrogens with zero attached hydrogens (tertiary/aromatic N) is 3. The summed E-state index contributed by atoms with van der Waals surface area (Å²) in [6.07, 6.45) is -2.56. The Morgan fingerprint density at radius 1 is 0.864 bits per heavy atom. The fourth-order valence-corrected chi connectivity index (χ4v) is 2.61. The minimum Gasteiger partial charge on any atom is -0.368 e. The van der Waals surface area contributed by atoms with Crippen molar-refractivity contribution in [1.82, 2.24) is 4.98 Å². The van der Waals surface area contributed by atoms with Gasteiger partial charge in [0.05, 0.1) is 5.56 Å². The SMILES string of the molecule is FC(F)(F)c1cccc(N2CCN(c3ccccn3)CC2)c1. The predicted molar refractivity (Wildman–Crippen MR) is 80.1 cm³/mol. The molecule has 0 bridgehead atoms. The average Bonchev–Trinajstić information content (AvgIpc) is 2.55. The number of pyridine rings is 1. The molecule has 1 fully saturated rings. The summed E-state index contributed by atoms with van der Waals surface area (Å²) in [7, 11) is 0. The second-order valence-electron chi connectivity index (χ2n) is 5.21. The van der Waals surface area contributed by atoms with Crippen LogP contribution in [0.1, 0.15) is 5.56 Å². The molecule has 0 amide bonds. The summed E-state index contributed by atoms with van der Waals surface area (Å²) in [4.78, 5) is 8.43. The molecule has 0 radical (unpaired) electrons. The van der Waals surface area contributed by atoms with Crippen molar-refractivity contribution in [3.63, 3.8) is 0 Å². The van der Waals surface area contributed by atoms with E-state index in [-0.39, 0.29) is 0 Å². The van der Waals surface area contributed by atoms with Gasteiger partial charge in [0.15, 0.2) is 0 Å². The summed E-state index contributed by atoms with van der Waals surface area (Å²) in [5.74, 6) is 0.909. The first-order chi connectivity index (χ1) is 10.5. The molecule has 1 aromatic carbocycles. The molecule has 116 valence electrons. The van der Waals surface area contributed by atoms with Crippen molar-refractivity contribution in [3.8, 4) is 0 Å². The molecule has 3 rings (SSSR count). The Hall–Kier alpha value is -2.24. The van der Waals surface area contributed by atoms with E-state index in [2.05, 4.69) is 9.88 Å². The van der Waals surface area contributed by atoms with E-state index < -0.39 is 11.7 Å². The second kappa shape index (κ2) is 5.87. The lowest BCUT2D eigenvalue weighted by Crippen LogP contribution is -2.46. The Balaban J connectivity index is 1.69. The van der Waals surface area contributed by atoms with Crippen molar-refractivity contribution in [2.45, 2.75) is 6.18 Å². The van der Waals surface area contributed by atoms with Crippen molar-refractivity contribution in [2.24, 2.45) is 0 Å². The molecule has 0 spiro atoms. The average molecular weight is 307 g/mol. The molecule has 0 N–H and O–H groups in total. The highest BCUT2D eigenvalue weighted by atomic mass is 19.4. The largest absolute Gasteiger partial charge is 0.416 e. The third-order valence-corrected chi connectivity index (χ3v) is 3.79. The van der Waals surface area contributed by atoms with Gasteiger partial charge in [-0.2, -0.15) is 13.2 Å². The Morgan fingerprint density at radius 2 is 1.59 bits per heavy atom. The Labute approximate surface area is 127 Å². The van der Waals surface area contributed by atoms with Crippen molar-refractivity contribution >= 4 is 11.5 Å². The standard InChI is InChI=1S/C16H16F3N3/c17-16(18,19)13-4-3-5-14(12-13)21-8-10-22(11-9-21)15-6-1-2-7-20-15/h1-7,12H,8-11H2. The van der Waals surface area contributed by atoms with E-state index in [4.69, 9.17) is 0 Å². The van der Waals surface area contributed by atoms with Gasteiger partial charge in [0.25, 0.3) is 0 Å². The molecule has 0 aliphatic carbocycles. The monoisotopic (exact) mass is 307 g/mol. The molecule has 22 heavy (non-hydrogen) atoms. The first-order valence-electron chi connectivity index (χ1n) is 7.12. The molecule has 0 atom stereocenters. The Bertz CT molecular complexity index is 620. The zero-order chi connectivity index (χ0) is 15.6. The summed E-state index contributed by atoms with van der Waals surface area (Å²) < 4.78 is 38.4.